The van der Waals surface area contributed by atoms with Gasteiger partial charge >= 0.3 is 5.97 Å². The third kappa shape index (κ3) is 11.9. The summed E-state index contributed by atoms with van der Waals surface area (Å²) in [5.74, 6) is -1.83. The smallest absolute Gasteiger partial charge is 0.302 e. The Morgan fingerprint density at radius 3 is 1.97 bits per heavy atom. The van der Waals surface area contributed by atoms with Gasteiger partial charge in [0.25, 0.3) is 0 Å². The van der Waals surface area contributed by atoms with Crippen LogP contribution in [0.15, 0.2) is 0 Å². The number of esters is 1. The van der Waals surface area contributed by atoms with Crippen molar-refractivity contribution in [1.29, 1.82) is 0 Å². The fourth-order valence-electron chi connectivity index (χ4n) is 11.8. The Labute approximate surface area is 359 Å². The number of hydrogen-bond donors (Lipinski definition) is 0. The van der Waals surface area contributed by atoms with Gasteiger partial charge in [0.05, 0.1) is 42.0 Å². The Balaban J connectivity index is 2.28. The summed E-state index contributed by atoms with van der Waals surface area (Å²) in [6.07, 6.45) is 0.780. The van der Waals surface area contributed by atoms with Crippen LogP contribution >= 0.6 is 0 Å². The van der Waals surface area contributed by atoms with Crippen LogP contribution < -0.4 is 0 Å². The predicted molar refractivity (Wildman–Crippen MR) is 232 cm³/mol. The zero-order valence-electron chi connectivity index (χ0n) is 40.6. The van der Waals surface area contributed by atoms with Gasteiger partial charge < -0.3 is 33.2 Å². The number of ether oxygens (including phenoxy) is 6. The van der Waals surface area contributed by atoms with Gasteiger partial charge in [-0.25, -0.2) is 0 Å². The molecule has 2 saturated heterocycles. The van der Waals surface area contributed by atoms with E-state index in [1.54, 1.807) is 21.1 Å². The highest BCUT2D eigenvalue weighted by atomic mass is 16.7. The van der Waals surface area contributed by atoms with Crippen LogP contribution in [0.2, 0.25) is 0 Å². The maximum absolute atomic E-state index is 15.3. The molecule has 1 aliphatic carbocycles. The van der Waals surface area contributed by atoms with Crippen molar-refractivity contribution < 1.29 is 47.6 Å². The third-order valence-corrected chi connectivity index (χ3v) is 16.2. The molecule has 2 heterocycles. The topological polar surface area (TPSA) is 124 Å². The van der Waals surface area contributed by atoms with Crippen LogP contribution in [0.5, 0.6) is 0 Å². The van der Waals surface area contributed by atoms with E-state index >= 15 is 4.79 Å². The van der Waals surface area contributed by atoms with Gasteiger partial charge in [0.2, 0.25) is 0 Å². The number of carbonyl (C=O) groups is 4. The summed E-state index contributed by atoms with van der Waals surface area (Å²) in [6.45, 7) is 34.4. The molecule has 3 fully saturated rings. The lowest BCUT2D eigenvalue weighted by Crippen LogP contribution is -2.54. The fourth-order valence-corrected chi connectivity index (χ4v) is 11.8. The molecule has 18 atom stereocenters. The summed E-state index contributed by atoms with van der Waals surface area (Å²) in [5, 5.41) is 0. The summed E-state index contributed by atoms with van der Waals surface area (Å²) < 4.78 is 38.9. The number of carbonyl (C=O) groups excluding carboxylic acids is 4. The van der Waals surface area contributed by atoms with Gasteiger partial charge in [0.15, 0.2) is 6.29 Å². The average Bonchev–Trinajstić information content (AvgIpc) is 3.14. The van der Waals surface area contributed by atoms with Crippen molar-refractivity contribution in [2.24, 2.45) is 70.0 Å². The summed E-state index contributed by atoms with van der Waals surface area (Å²) >= 11 is 0. The highest BCUT2D eigenvalue weighted by Crippen LogP contribution is 2.50. The first-order chi connectivity index (χ1) is 27.1. The second-order valence-corrected chi connectivity index (χ2v) is 21.3. The molecule has 10 heteroatoms. The maximum atomic E-state index is 15.3. The molecule has 3 rings (SSSR count). The third-order valence-electron chi connectivity index (χ3n) is 16.2. The number of Topliss-reactive ketones (excluding diaryl/α,β-unsaturated/α-hetero) is 3. The molecule has 59 heavy (non-hydrogen) atoms. The minimum Gasteiger partial charge on any atom is -0.461 e. The first kappa shape index (κ1) is 51.6. The summed E-state index contributed by atoms with van der Waals surface area (Å²) in [4.78, 5) is 55.4. The van der Waals surface area contributed by atoms with Crippen LogP contribution in [0.25, 0.3) is 0 Å². The lowest BCUT2D eigenvalue weighted by atomic mass is 9.58. The van der Waals surface area contributed by atoms with E-state index in [0.717, 1.165) is 6.42 Å². The molecule has 0 amide bonds. The molecule has 0 radical (unpaired) electrons. The standard InChI is InChI=1S/C49H86O10/c1-26(2)34(10)48(16)25-41(52)30(6)39(22-38-24-49(17,55-19)40(20-28(4)50)36(12)57-38)31(7)43(59-46-32(8)42(54-18)21-29(5)56-46)27(3)23-47(14,15)45(53)33(9)44(35(48)11)58-37(13)51/h26-27,29-36,38-40,42-44,46H,20-25H2,1-19H3/t27?,29-,30-,31?,32?,33-,34+,35?,36?,38+,39?,40+,42+,43?,44-,46+,48-,49-/m1/s1. The number of ketones is 3. The van der Waals surface area contributed by atoms with Gasteiger partial charge in [-0.15, -0.1) is 0 Å². The molecule has 0 aromatic carbocycles. The Kier molecular flexibility index (Phi) is 18.1. The van der Waals surface area contributed by atoms with Crippen molar-refractivity contribution in [3.05, 3.63) is 0 Å². The van der Waals surface area contributed by atoms with E-state index < -0.39 is 52.7 Å². The molecule has 1 saturated carbocycles. The Morgan fingerprint density at radius 2 is 1.44 bits per heavy atom. The Hall–Kier alpha value is -1.72. The number of rotatable bonds is 11. The minimum atomic E-state index is -0.797. The van der Waals surface area contributed by atoms with Crippen molar-refractivity contribution >= 4 is 23.3 Å². The lowest BCUT2D eigenvalue weighted by Gasteiger charge is -2.50. The van der Waals surface area contributed by atoms with E-state index in [0.29, 0.717) is 25.7 Å². The monoisotopic (exact) mass is 835 g/mol. The molecule has 0 spiro atoms. The van der Waals surface area contributed by atoms with Crippen LogP contribution in [0.3, 0.4) is 0 Å². The maximum Gasteiger partial charge on any atom is 0.302 e. The second kappa shape index (κ2) is 20.6. The molecule has 10 nitrogen and oxygen atoms in total. The van der Waals surface area contributed by atoms with Gasteiger partial charge in [-0.2, -0.15) is 0 Å². The number of hydrogen-bond acceptors (Lipinski definition) is 10. The predicted octanol–water partition coefficient (Wildman–Crippen LogP) is 9.71. The largest absolute Gasteiger partial charge is 0.461 e. The van der Waals surface area contributed by atoms with Crippen LogP contribution in [0, 0.1) is 70.0 Å². The SMILES string of the molecule is CO[C@H]1C[C@@H](C)O[C@@H](OC2C(C)CC(C)(C)C(=O)[C@H](C)[C@@H](OC(C)=O)C(C)[C@@](C)([C@@H](C)C(C)C)CC(=O)[C@H](C)C(C[C@H]3C[C@@](C)(OC)[C@@H](CC(C)=O)C(C)O3)C2C)C1C. The first-order valence-corrected chi connectivity index (χ1v) is 22.9. The lowest BCUT2D eigenvalue weighted by molar-refractivity contribution is -0.275. The molecule has 342 valence electrons. The molecule has 0 N–H and O–H groups in total. The quantitative estimate of drug-likeness (QED) is 0.186. The highest BCUT2D eigenvalue weighted by Gasteiger charge is 2.53. The van der Waals surface area contributed by atoms with Gasteiger partial charge in [-0.3, -0.25) is 14.4 Å². The van der Waals surface area contributed by atoms with Crippen LogP contribution in [-0.2, 0) is 47.6 Å². The van der Waals surface area contributed by atoms with E-state index in [1.807, 2.05) is 34.6 Å². The van der Waals surface area contributed by atoms with Crippen molar-refractivity contribution in [3.8, 4) is 0 Å². The summed E-state index contributed by atoms with van der Waals surface area (Å²) in [6, 6.07) is 0. The Bertz CT molecular complexity index is 1430. The molecular formula is C49H86O10. The fraction of sp³-hybridized carbons (Fsp3) is 0.918. The average molecular weight is 835 g/mol. The van der Waals surface area contributed by atoms with Crippen molar-refractivity contribution in [1.82, 2.24) is 0 Å². The molecule has 2 aliphatic heterocycles. The van der Waals surface area contributed by atoms with Crippen molar-refractivity contribution in [3.63, 3.8) is 0 Å². The summed E-state index contributed by atoms with van der Waals surface area (Å²) in [7, 11) is 3.45. The molecule has 3 aliphatic rings. The Morgan fingerprint density at radius 1 is 0.831 bits per heavy atom. The zero-order valence-corrected chi connectivity index (χ0v) is 40.6. The number of methoxy groups -OCH3 is 2. The van der Waals surface area contributed by atoms with Gasteiger partial charge in [-0.1, -0.05) is 83.1 Å². The van der Waals surface area contributed by atoms with E-state index in [2.05, 4.69) is 69.2 Å². The highest BCUT2D eigenvalue weighted by molar-refractivity contribution is 5.87. The van der Waals surface area contributed by atoms with Crippen LogP contribution in [0.4, 0.5) is 0 Å². The van der Waals surface area contributed by atoms with Gasteiger partial charge in [0.1, 0.15) is 23.5 Å². The minimum absolute atomic E-state index is 0.0284. The second-order valence-electron chi connectivity index (χ2n) is 21.3. The summed E-state index contributed by atoms with van der Waals surface area (Å²) in [5.41, 5.74) is -2.01. The molecule has 7 unspecified atom stereocenters. The van der Waals surface area contributed by atoms with E-state index in [9.17, 15) is 14.4 Å². The van der Waals surface area contributed by atoms with Gasteiger partial charge in [0, 0.05) is 70.0 Å². The van der Waals surface area contributed by atoms with Crippen LogP contribution in [0.1, 0.15) is 156 Å². The normalized spacial score (nSPS) is 43.5. The van der Waals surface area contributed by atoms with Crippen molar-refractivity contribution in [2.45, 2.75) is 205 Å². The van der Waals surface area contributed by atoms with Gasteiger partial charge in [-0.05, 0) is 81.5 Å². The first-order valence-electron chi connectivity index (χ1n) is 22.9. The molecule has 0 aromatic rings. The van der Waals surface area contributed by atoms with E-state index in [4.69, 9.17) is 28.4 Å². The molecule has 0 bridgehead atoms. The molecule has 0 aromatic heterocycles. The van der Waals surface area contributed by atoms with E-state index in [-0.39, 0.29) is 95.5 Å². The van der Waals surface area contributed by atoms with E-state index in [1.165, 1.54) is 6.92 Å². The zero-order chi connectivity index (χ0) is 45.1. The van der Waals surface area contributed by atoms with Crippen molar-refractivity contribution in [2.75, 3.05) is 14.2 Å². The van der Waals surface area contributed by atoms with Crippen LogP contribution in [-0.4, -0.2) is 86.1 Å². The molecular weight excluding hydrogens is 749 g/mol.